The lowest BCUT2D eigenvalue weighted by molar-refractivity contribution is -0.117. The molecule has 0 unspecified atom stereocenters. The van der Waals surface area contributed by atoms with Crippen LogP contribution in [0, 0.1) is 11.3 Å². The van der Waals surface area contributed by atoms with Gasteiger partial charge in [0.1, 0.15) is 28.9 Å². The summed E-state index contributed by atoms with van der Waals surface area (Å²) < 4.78 is 17.0. The average molecular weight is 419 g/mol. The van der Waals surface area contributed by atoms with Gasteiger partial charge in [0.25, 0.3) is 5.91 Å². The largest absolute Gasteiger partial charge is 0.493 e. The number of carbonyl (C=O) groups is 1. The Morgan fingerprint density at radius 2 is 2.04 bits per heavy atom. The van der Waals surface area contributed by atoms with E-state index in [2.05, 4.69) is 21.2 Å². The third kappa shape index (κ3) is 5.14. The Morgan fingerprint density at radius 3 is 2.65 bits per heavy atom. The first-order chi connectivity index (χ1) is 12.6. The van der Waals surface area contributed by atoms with Gasteiger partial charge in [-0.2, -0.15) is 5.26 Å². The van der Waals surface area contributed by atoms with E-state index in [1.165, 1.54) is 12.3 Å². The van der Waals surface area contributed by atoms with Crippen LogP contribution in [0.2, 0.25) is 0 Å². The molecule has 26 heavy (non-hydrogen) atoms. The lowest BCUT2D eigenvalue weighted by Gasteiger charge is -2.13. The lowest BCUT2D eigenvalue weighted by atomic mass is 10.1. The second kappa shape index (κ2) is 9.68. The highest BCUT2D eigenvalue weighted by Gasteiger charge is 2.14. The van der Waals surface area contributed by atoms with Crippen LogP contribution in [0.25, 0.3) is 6.08 Å². The van der Waals surface area contributed by atoms with Crippen LogP contribution in [0.15, 0.2) is 45.0 Å². The molecule has 0 aliphatic heterocycles. The van der Waals surface area contributed by atoms with E-state index in [0.29, 0.717) is 40.5 Å². The number of hydrogen-bond donors (Lipinski definition) is 1. The average Bonchev–Trinajstić information content (AvgIpc) is 3.15. The van der Waals surface area contributed by atoms with Gasteiger partial charge in [0.05, 0.1) is 30.5 Å². The van der Waals surface area contributed by atoms with E-state index < -0.39 is 5.91 Å². The normalized spacial score (nSPS) is 10.9. The summed E-state index contributed by atoms with van der Waals surface area (Å²) in [4.78, 5) is 12.3. The maximum absolute atomic E-state index is 12.3. The lowest BCUT2D eigenvalue weighted by Crippen LogP contribution is -2.23. The van der Waals surface area contributed by atoms with Gasteiger partial charge < -0.3 is 19.2 Å². The predicted molar refractivity (Wildman–Crippen MR) is 101 cm³/mol. The van der Waals surface area contributed by atoms with Crippen LogP contribution in [0.4, 0.5) is 0 Å². The molecule has 2 rings (SSSR count). The van der Waals surface area contributed by atoms with Crippen LogP contribution in [-0.2, 0) is 11.3 Å². The maximum Gasteiger partial charge on any atom is 0.262 e. The highest BCUT2D eigenvalue weighted by atomic mass is 79.9. The van der Waals surface area contributed by atoms with Crippen molar-refractivity contribution in [3.05, 3.63) is 51.9 Å². The molecule has 1 N–H and O–H groups in total. The fourth-order valence-corrected chi connectivity index (χ4v) is 2.66. The highest BCUT2D eigenvalue weighted by Crippen LogP contribution is 2.34. The zero-order valence-electron chi connectivity index (χ0n) is 14.5. The molecule has 2 aromatic rings. The van der Waals surface area contributed by atoms with Gasteiger partial charge in [0.15, 0.2) is 0 Å². The molecule has 1 aromatic carbocycles. The number of benzene rings is 1. The summed E-state index contributed by atoms with van der Waals surface area (Å²) in [6.07, 6.45) is 3.01. The highest BCUT2D eigenvalue weighted by molar-refractivity contribution is 9.10. The Bertz CT molecular complexity index is 823. The van der Waals surface area contributed by atoms with Crippen LogP contribution in [0.3, 0.4) is 0 Å². The minimum Gasteiger partial charge on any atom is -0.493 e. The van der Waals surface area contributed by atoms with Crippen LogP contribution < -0.4 is 14.8 Å². The van der Waals surface area contributed by atoms with Crippen molar-refractivity contribution in [3.8, 4) is 17.6 Å². The molecule has 1 heterocycles. The topological polar surface area (TPSA) is 84.5 Å². The summed E-state index contributed by atoms with van der Waals surface area (Å²) in [6.45, 7) is 4.91. The van der Waals surface area contributed by atoms with Gasteiger partial charge in [-0.1, -0.05) is 0 Å². The Labute approximate surface area is 160 Å². The van der Waals surface area contributed by atoms with E-state index in [1.807, 2.05) is 19.9 Å². The predicted octanol–water partition coefficient (Wildman–Crippen LogP) is 4.06. The zero-order valence-corrected chi connectivity index (χ0v) is 16.1. The molecule has 6 nitrogen and oxygen atoms in total. The van der Waals surface area contributed by atoms with Crippen molar-refractivity contribution in [3.63, 3.8) is 0 Å². The quantitative estimate of drug-likeness (QED) is 0.515. The van der Waals surface area contributed by atoms with Crippen LogP contribution in [0.1, 0.15) is 25.2 Å². The molecule has 0 aliphatic rings. The van der Waals surface area contributed by atoms with E-state index in [9.17, 15) is 10.1 Å². The molecule has 0 radical (unpaired) electrons. The minimum absolute atomic E-state index is 0.0337. The van der Waals surface area contributed by atoms with Crippen molar-refractivity contribution in [1.29, 1.82) is 5.26 Å². The van der Waals surface area contributed by atoms with Gasteiger partial charge in [-0.3, -0.25) is 4.79 Å². The second-order valence-corrected chi connectivity index (χ2v) is 5.97. The van der Waals surface area contributed by atoms with E-state index in [0.717, 1.165) is 0 Å². The minimum atomic E-state index is -0.489. The first-order valence-electron chi connectivity index (χ1n) is 8.10. The van der Waals surface area contributed by atoms with E-state index >= 15 is 0 Å². The first-order valence-corrected chi connectivity index (χ1v) is 8.89. The molecular formula is C19H19BrN2O4. The number of nitriles is 1. The van der Waals surface area contributed by atoms with Gasteiger partial charge in [-0.05, 0) is 54.1 Å². The summed E-state index contributed by atoms with van der Waals surface area (Å²) >= 11 is 3.43. The second-order valence-electron chi connectivity index (χ2n) is 5.12. The first kappa shape index (κ1) is 19.6. The monoisotopic (exact) mass is 418 g/mol. The maximum atomic E-state index is 12.3. The molecule has 0 spiro atoms. The Balaban J connectivity index is 2.27. The molecule has 0 aliphatic carbocycles. The number of ether oxygens (including phenoxy) is 2. The van der Waals surface area contributed by atoms with Crippen LogP contribution in [-0.4, -0.2) is 19.1 Å². The fourth-order valence-electron chi connectivity index (χ4n) is 2.19. The Kier molecular flexibility index (Phi) is 7.30. The van der Waals surface area contributed by atoms with E-state index in [-0.39, 0.29) is 12.1 Å². The number of carbonyl (C=O) groups excluding carboxylic acids is 1. The van der Waals surface area contributed by atoms with Gasteiger partial charge in [0.2, 0.25) is 0 Å². The molecule has 1 aromatic heterocycles. The molecule has 0 fully saturated rings. The van der Waals surface area contributed by atoms with Crippen molar-refractivity contribution in [1.82, 2.24) is 5.32 Å². The summed E-state index contributed by atoms with van der Waals surface area (Å²) in [5, 5.41) is 12.0. The number of furan rings is 1. The Hall–Kier alpha value is -2.72. The summed E-state index contributed by atoms with van der Waals surface area (Å²) in [6, 6.07) is 8.89. The zero-order chi connectivity index (χ0) is 18.9. The molecular weight excluding hydrogens is 400 g/mol. The van der Waals surface area contributed by atoms with Crippen molar-refractivity contribution < 1.29 is 18.7 Å². The molecule has 7 heteroatoms. The van der Waals surface area contributed by atoms with E-state index in [4.69, 9.17) is 13.9 Å². The van der Waals surface area contributed by atoms with Gasteiger partial charge in [-0.25, -0.2) is 0 Å². The van der Waals surface area contributed by atoms with Crippen molar-refractivity contribution in [2.75, 3.05) is 13.2 Å². The number of rotatable bonds is 8. The molecule has 136 valence electrons. The number of nitrogens with one attached hydrogen (secondary N) is 1. The molecule has 0 atom stereocenters. The molecule has 0 saturated carbocycles. The number of amides is 1. The summed E-state index contributed by atoms with van der Waals surface area (Å²) in [5.41, 5.74) is 0.570. The fraction of sp³-hybridized carbons (Fsp3) is 0.263. The third-order valence-corrected chi connectivity index (χ3v) is 3.95. The number of nitrogens with zero attached hydrogens (tertiary/aromatic N) is 1. The van der Waals surface area contributed by atoms with Crippen molar-refractivity contribution >= 4 is 27.9 Å². The molecule has 0 saturated heterocycles. The third-order valence-electron chi connectivity index (χ3n) is 3.33. The summed E-state index contributed by atoms with van der Waals surface area (Å²) in [5.74, 6) is 1.28. The van der Waals surface area contributed by atoms with Crippen LogP contribution >= 0.6 is 15.9 Å². The summed E-state index contributed by atoms with van der Waals surface area (Å²) in [7, 11) is 0. The molecule has 1 amide bonds. The number of hydrogen-bond acceptors (Lipinski definition) is 5. The van der Waals surface area contributed by atoms with Crippen molar-refractivity contribution in [2.45, 2.75) is 20.4 Å². The van der Waals surface area contributed by atoms with E-state index in [1.54, 1.807) is 24.3 Å². The standard InChI is InChI=1S/C19H19BrN2O4/c1-3-24-17-10-18(25-4-2)16(20)9-13(17)8-14(11-21)19(23)22-12-15-6-5-7-26-15/h5-10H,3-4,12H2,1-2H3,(H,22,23)/b14-8+. The van der Waals surface area contributed by atoms with Crippen LogP contribution in [0.5, 0.6) is 11.5 Å². The van der Waals surface area contributed by atoms with Crippen molar-refractivity contribution in [2.24, 2.45) is 0 Å². The number of halogens is 1. The van der Waals surface area contributed by atoms with Gasteiger partial charge in [0, 0.05) is 11.6 Å². The van der Waals surface area contributed by atoms with Gasteiger partial charge in [-0.15, -0.1) is 0 Å². The van der Waals surface area contributed by atoms with Gasteiger partial charge >= 0.3 is 0 Å². The molecule has 0 bridgehead atoms. The SMILES string of the molecule is CCOc1cc(OCC)c(/C=C(\C#N)C(=O)NCc2ccco2)cc1Br. The Morgan fingerprint density at radius 1 is 1.31 bits per heavy atom. The smallest absolute Gasteiger partial charge is 0.262 e.